The summed E-state index contributed by atoms with van der Waals surface area (Å²) in [7, 11) is -9.94. The summed E-state index contributed by atoms with van der Waals surface area (Å²) < 4.78 is 68.8. The number of rotatable bonds is 81. The lowest BCUT2D eigenvalue weighted by Crippen LogP contribution is -2.30. The van der Waals surface area contributed by atoms with Gasteiger partial charge in [0.1, 0.15) is 19.3 Å². The van der Waals surface area contributed by atoms with E-state index in [0.29, 0.717) is 25.7 Å². The van der Waals surface area contributed by atoms with E-state index >= 15 is 0 Å². The number of carbonyl (C=O) groups is 4. The summed E-state index contributed by atoms with van der Waals surface area (Å²) in [5, 5.41) is 10.7. The van der Waals surface area contributed by atoms with E-state index in [1.54, 1.807) is 0 Å². The number of phosphoric ester groups is 2. The van der Waals surface area contributed by atoms with Crippen molar-refractivity contribution in [3.63, 3.8) is 0 Å². The van der Waals surface area contributed by atoms with Gasteiger partial charge < -0.3 is 33.8 Å². The molecule has 0 spiro atoms. The first-order valence-electron chi connectivity index (χ1n) is 43.2. The van der Waals surface area contributed by atoms with Gasteiger partial charge in [-0.2, -0.15) is 0 Å². The maximum Gasteiger partial charge on any atom is 0.472 e. The van der Waals surface area contributed by atoms with Crippen LogP contribution in [0.15, 0.2) is 24.3 Å². The van der Waals surface area contributed by atoms with E-state index in [2.05, 4.69) is 72.8 Å². The molecule has 19 heteroatoms. The molecule has 7 atom stereocenters. The molecule has 0 radical (unpaired) electrons. The van der Waals surface area contributed by atoms with Crippen LogP contribution in [-0.2, 0) is 65.4 Å². The van der Waals surface area contributed by atoms with Gasteiger partial charge in [-0.1, -0.05) is 368 Å². The third-order valence-electron chi connectivity index (χ3n) is 20.0. The van der Waals surface area contributed by atoms with Crippen LogP contribution in [0, 0.1) is 17.8 Å². The molecule has 17 nitrogen and oxygen atoms in total. The van der Waals surface area contributed by atoms with Gasteiger partial charge in [0.05, 0.1) is 26.4 Å². The van der Waals surface area contributed by atoms with E-state index in [4.69, 9.17) is 37.0 Å². The molecule has 0 aliphatic rings. The Bertz CT molecular complexity index is 2110. The number of ether oxygens (including phenoxy) is 4. The number of phosphoric acid groups is 2. The molecule has 0 aromatic rings. The van der Waals surface area contributed by atoms with Gasteiger partial charge in [0.15, 0.2) is 12.2 Å². The fourth-order valence-corrected chi connectivity index (χ4v) is 14.2. The summed E-state index contributed by atoms with van der Waals surface area (Å²) in [6, 6.07) is 0. The molecule has 104 heavy (non-hydrogen) atoms. The van der Waals surface area contributed by atoms with Gasteiger partial charge in [0.25, 0.3) is 0 Å². The average molecular weight is 1520 g/mol. The lowest BCUT2D eigenvalue weighted by atomic mass is 9.99. The molecule has 3 N–H and O–H groups in total. The van der Waals surface area contributed by atoms with Crippen molar-refractivity contribution in [2.24, 2.45) is 17.8 Å². The zero-order valence-corrected chi connectivity index (χ0v) is 69.8. The number of hydrogen-bond donors (Lipinski definition) is 3. The fourth-order valence-electron chi connectivity index (χ4n) is 12.6. The highest BCUT2D eigenvalue weighted by molar-refractivity contribution is 7.47. The summed E-state index contributed by atoms with van der Waals surface area (Å²) in [6.45, 7) is 11.9. The van der Waals surface area contributed by atoms with E-state index in [1.807, 2.05) is 0 Å². The molecular weight excluding hydrogens is 1350 g/mol. The van der Waals surface area contributed by atoms with Crippen LogP contribution >= 0.6 is 15.6 Å². The molecule has 0 aromatic heterocycles. The largest absolute Gasteiger partial charge is 0.472 e. The van der Waals surface area contributed by atoms with Crippen LogP contribution < -0.4 is 0 Å². The highest BCUT2D eigenvalue weighted by Gasteiger charge is 2.30. The van der Waals surface area contributed by atoms with Crippen molar-refractivity contribution in [1.82, 2.24) is 0 Å². The second-order valence-electron chi connectivity index (χ2n) is 30.8. The molecule has 0 bridgehead atoms. The predicted octanol–water partition coefficient (Wildman–Crippen LogP) is 25.3. The first-order chi connectivity index (χ1) is 50.3. The van der Waals surface area contributed by atoms with Crippen LogP contribution in [-0.4, -0.2) is 96.7 Å². The third kappa shape index (κ3) is 75.0. The molecule has 0 rings (SSSR count). The van der Waals surface area contributed by atoms with E-state index in [0.717, 1.165) is 133 Å². The first-order valence-corrected chi connectivity index (χ1v) is 46.2. The molecule has 4 unspecified atom stereocenters. The summed E-state index contributed by atoms with van der Waals surface area (Å²) in [6.07, 6.45) is 67.4. The quantitative estimate of drug-likeness (QED) is 0.0169. The maximum absolute atomic E-state index is 13.1. The number of carbonyl (C=O) groups excluding carboxylic acids is 4. The van der Waals surface area contributed by atoms with Gasteiger partial charge >= 0.3 is 39.5 Å². The Morgan fingerprint density at radius 2 is 0.567 bits per heavy atom. The van der Waals surface area contributed by atoms with Crippen LogP contribution in [0.4, 0.5) is 0 Å². The maximum atomic E-state index is 13.1. The van der Waals surface area contributed by atoms with E-state index in [9.17, 15) is 43.2 Å². The highest BCUT2D eigenvalue weighted by Crippen LogP contribution is 2.45. The standard InChI is InChI=1S/C85H162O17P2/c1-8-11-12-13-14-15-16-17-22-29-34-39-44-52-59-66-82(87)95-72-80(101-84(89)68-61-54-45-40-35-30-24-21-19-18-20-23-27-32-37-42-49-56-63-76(4)5)74-99-103(91,92)97-70-79(86)71-98-104(93,94)100-75-81(73-96-83(88)67-60-53-48-47-51-58-65-78(7)10-3)102-85(90)69-62-55-46-41-36-31-26-25-28-33-38-43-50-57-64-77(6)9-2/h15-17,22,76-81,86H,8-14,18-21,23-75H2,1-7H3,(H,91,92)(H,93,94)/b16-15-,22-17-/t77?,78?,79-,80-,81-/m1/s1. The molecule has 0 aliphatic carbocycles. The lowest BCUT2D eigenvalue weighted by molar-refractivity contribution is -0.161. The predicted molar refractivity (Wildman–Crippen MR) is 427 cm³/mol. The SMILES string of the molecule is CCCCCC/C=C\C=C/CCCCCCCC(=O)OC[C@H](COP(=O)(O)OC[C@@H](O)COP(=O)(O)OC[C@@H](COC(=O)CCCCCCCCC(C)CC)OC(=O)CCCCCCCCCCCCCCCCC(C)CC)OC(=O)CCCCCCCCCCCCCCCCCCCCC(C)C. The Hall–Kier alpha value is -2.46. The molecule has 0 aliphatic heterocycles. The molecule has 614 valence electrons. The number of aliphatic hydroxyl groups is 1. The van der Waals surface area contributed by atoms with Crippen LogP contribution in [0.2, 0.25) is 0 Å². The lowest BCUT2D eigenvalue weighted by Gasteiger charge is -2.21. The first kappa shape index (κ1) is 102. The fraction of sp³-hybridized carbons (Fsp3) is 0.906. The average Bonchev–Trinajstić information content (AvgIpc) is 0.931. The minimum atomic E-state index is -4.97. The minimum Gasteiger partial charge on any atom is -0.462 e. The van der Waals surface area contributed by atoms with Crippen LogP contribution in [0.25, 0.3) is 0 Å². The number of aliphatic hydroxyl groups excluding tert-OH is 1. The summed E-state index contributed by atoms with van der Waals surface area (Å²) in [4.78, 5) is 73.1. The van der Waals surface area contributed by atoms with Crippen molar-refractivity contribution >= 4 is 39.5 Å². The van der Waals surface area contributed by atoms with E-state index < -0.39 is 97.5 Å². The second-order valence-corrected chi connectivity index (χ2v) is 33.8. The Balaban J connectivity index is 5.26. The van der Waals surface area contributed by atoms with Crippen molar-refractivity contribution in [3.8, 4) is 0 Å². The Labute approximate surface area is 637 Å². The van der Waals surface area contributed by atoms with Gasteiger partial charge in [-0.15, -0.1) is 0 Å². The van der Waals surface area contributed by atoms with Crippen molar-refractivity contribution in [2.45, 2.75) is 439 Å². The minimum absolute atomic E-state index is 0.101. The van der Waals surface area contributed by atoms with Crippen molar-refractivity contribution in [3.05, 3.63) is 24.3 Å². The zero-order chi connectivity index (χ0) is 76.5. The molecular formula is C85H162O17P2. The van der Waals surface area contributed by atoms with Gasteiger partial charge in [0, 0.05) is 25.7 Å². The number of esters is 4. The van der Waals surface area contributed by atoms with E-state index in [-0.39, 0.29) is 25.7 Å². The summed E-state index contributed by atoms with van der Waals surface area (Å²) in [5.74, 6) is 0.254. The Morgan fingerprint density at radius 3 is 0.856 bits per heavy atom. The summed E-state index contributed by atoms with van der Waals surface area (Å²) in [5.41, 5.74) is 0. The molecule has 0 aromatic carbocycles. The third-order valence-corrected chi connectivity index (χ3v) is 21.9. The Kier molecular flexibility index (Phi) is 72.9. The van der Waals surface area contributed by atoms with Gasteiger partial charge in [-0.3, -0.25) is 37.3 Å². The molecule has 0 saturated heterocycles. The van der Waals surface area contributed by atoms with Gasteiger partial charge in [-0.25, -0.2) is 9.13 Å². The molecule has 0 fully saturated rings. The monoisotopic (exact) mass is 1520 g/mol. The smallest absolute Gasteiger partial charge is 0.462 e. The van der Waals surface area contributed by atoms with Crippen LogP contribution in [0.1, 0.15) is 421 Å². The molecule has 0 heterocycles. The normalized spacial score (nSPS) is 14.6. The Morgan fingerprint density at radius 1 is 0.317 bits per heavy atom. The van der Waals surface area contributed by atoms with Crippen LogP contribution in [0.3, 0.4) is 0 Å². The summed E-state index contributed by atoms with van der Waals surface area (Å²) >= 11 is 0. The second kappa shape index (κ2) is 74.6. The van der Waals surface area contributed by atoms with Crippen molar-refractivity contribution in [1.29, 1.82) is 0 Å². The highest BCUT2D eigenvalue weighted by atomic mass is 31.2. The topological polar surface area (TPSA) is 237 Å². The van der Waals surface area contributed by atoms with Gasteiger partial charge in [0.2, 0.25) is 0 Å². The van der Waals surface area contributed by atoms with Crippen molar-refractivity contribution < 1.29 is 80.2 Å². The number of unbranched alkanes of at least 4 members (excludes halogenated alkanes) is 44. The molecule has 0 amide bonds. The van der Waals surface area contributed by atoms with Crippen LogP contribution in [0.5, 0.6) is 0 Å². The number of hydrogen-bond acceptors (Lipinski definition) is 15. The molecule has 0 saturated carbocycles. The van der Waals surface area contributed by atoms with Gasteiger partial charge in [-0.05, 0) is 69.1 Å². The number of allylic oxidation sites excluding steroid dienone is 4. The van der Waals surface area contributed by atoms with Crippen molar-refractivity contribution in [2.75, 3.05) is 39.6 Å². The van der Waals surface area contributed by atoms with E-state index in [1.165, 1.54) is 205 Å². The zero-order valence-electron chi connectivity index (χ0n) is 68.0.